The summed E-state index contributed by atoms with van der Waals surface area (Å²) >= 11 is 5.85. The fourth-order valence-electron chi connectivity index (χ4n) is 1.18. The lowest BCUT2D eigenvalue weighted by molar-refractivity contribution is 0.645. The monoisotopic (exact) mass is 367 g/mol. The van der Waals surface area contributed by atoms with E-state index in [1.165, 1.54) is 22.8 Å². The Morgan fingerprint density at radius 2 is 1.86 bits per heavy atom. The normalized spacial score (nSPS) is 10.4. The third kappa shape index (κ3) is 5.32. The summed E-state index contributed by atoms with van der Waals surface area (Å²) in [6.07, 6.45) is 2.59. The van der Waals surface area contributed by atoms with E-state index in [0.29, 0.717) is 0 Å². The van der Waals surface area contributed by atoms with Crippen molar-refractivity contribution >= 4 is 38.5 Å². The van der Waals surface area contributed by atoms with E-state index in [1.54, 1.807) is 0 Å². The van der Waals surface area contributed by atoms with Crippen molar-refractivity contribution in [2.75, 3.05) is 11.0 Å². The lowest BCUT2D eigenvalue weighted by Gasteiger charge is -2.04. The molecule has 0 spiro atoms. The summed E-state index contributed by atoms with van der Waals surface area (Å²) in [5, 5.41) is 3.44. The highest BCUT2D eigenvalue weighted by Gasteiger charge is 1.92. The molecule has 0 amide bonds. The molecule has 3 heteroatoms. The Kier molecular flexibility index (Phi) is 6.81. The van der Waals surface area contributed by atoms with Crippen molar-refractivity contribution in [1.29, 1.82) is 0 Å². The molecule has 1 aromatic carbocycles. The van der Waals surface area contributed by atoms with Crippen molar-refractivity contribution in [3.8, 4) is 0 Å². The second-order valence-electron chi connectivity index (χ2n) is 3.20. The van der Waals surface area contributed by atoms with Gasteiger partial charge in [-0.3, -0.25) is 0 Å². The number of hydrogen-bond acceptors (Lipinski definition) is 1. The first-order valence-corrected chi connectivity index (χ1v) is 7.16. The van der Waals surface area contributed by atoms with E-state index in [0.717, 1.165) is 17.6 Å². The fourth-order valence-corrected chi connectivity index (χ4v) is 1.98. The predicted molar refractivity (Wildman–Crippen MR) is 74.0 cm³/mol. The largest absolute Gasteiger partial charge is 0.313 e. The van der Waals surface area contributed by atoms with Crippen LogP contribution in [0.25, 0.3) is 0 Å². The van der Waals surface area contributed by atoms with Crippen LogP contribution in [0.2, 0.25) is 0 Å². The van der Waals surface area contributed by atoms with Crippen LogP contribution in [0.15, 0.2) is 28.7 Å². The van der Waals surface area contributed by atoms with Crippen molar-refractivity contribution in [1.82, 2.24) is 5.32 Å². The average Bonchev–Trinajstić information content (AvgIpc) is 2.21. The molecule has 1 rings (SSSR count). The van der Waals surface area contributed by atoms with Crippen LogP contribution in [-0.2, 0) is 6.54 Å². The zero-order chi connectivity index (χ0) is 10.2. The predicted octanol–water partition coefficient (Wildman–Crippen LogP) is 3.75. The minimum absolute atomic E-state index is 0.981. The van der Waals surface area contributed by atoms with E-state index in [2.05, 4.69) is 68.1 Å². The Morgan fingerprint density at radius 1 is 1.14 bits per heavy atom. The molecule has 0 aliphatic carbocycles. The lowest BCUT2D eigenvalue weighted by Crippen LogP contribution is -2.14. The smallest absolute Gasteiger partial charge is 0.0205 e. The van der Waals surface area contributed by atoms with Crippen LogP contribution in [0.5, 0.6) is 0 Å². The minimum Gasteiger partial charge on any atom is -0.313 e. The molecule has 0 unspecified atom stereocenters. The number of rotatable bonds is 6. The van der Waals surface area contributed by atoms with Crippen molar-refractivity contribution in [3.63, 3.8) is 0 Å². The number of benzene rings is 1. The standard InChI is InChI=1S/C11H15BrIN/c12-11-5-3-10(4-6-11)9-14-8-2-1-7-13/h3-6,14H,1-2,7-9H2. The topological polar surface area (TPSA) is 12.0 Å². The molecule has 0 saturated heterocycles. The third-order valence-corrected chi connectivity index (χ3v) is 3.27. The van der Waals surface area contributed by atoms with Gasteiger partial charge in [0.2, 0.25) is 0 Å². The third-order valence-electron chi connectivity index (χ3n) is 1.98. The van der Waals surface area contributed by atoms with Crippen LogP contribution in [-0.4, -0.2) is 11.0 Å². The summed E-state index contributed by atoms with van der Waals surface area (Å²) in [5.41, 5.74) is 1.35. The number of halogens is 2. The van der Waals surface area contributed by atoms with Gasteiger partial charge in [-0.05, 0) is 41.5 Å². The second kappa shape index (κ2) is 7.65. The highest BCUT2D eigenvalue weighted by atomic mass is 127. The summed E-state index contributed by atoms with van der Waals surface area (Å²) in [6.45, 7) is 2.10. The van der Waals surface area contributed by atoms with Gasteiger partial charge in [-0.15, -0.1) is 0 Å². The molecule has 0 aromatic heterocycles. The number of hydrogen-bond donors (Lipinski definition) is 1. The Labute approximate surface area is 108 Å². The van der Waals surface area contributed by atoms with Crippen LogP contribution in [0.1, 0.15) is 18.4 Å². The van der Waals surface area contributed by atoms with Gasteiger partial charge >= 0.3 is 0 Å². The van der Waals surface area contributed by atoms with Crippen molar-refractivity contribution in [2.45, 2.75) is 19.4 Å². The van der Waals surface area contributed by atoms with Gasteiger partial charge < -0.3 is 5.32 Å². The Hall–Kier alpha value is 0.390. The highest BCUT2D eigenvalue weighted by molar-refractivity contribution is 14.1. The number of unbranched alkanes of at least 4 members (excludes halogenated alkanes) is 1. The van der Waals surface area contributed by atoms with Crippen molar-refractivity contribution in [3.05, 3.63) is 34.3 Å². The van der Waals surface area contributed by atoms with Gasteiger partial charge in [-0.25, -0.2) is 0 Å². The van der Waals surface area contributed by atoms with Crippen molar-refractivity contribution < 1.29 is 0 Å². The molecule has 0 fully saturated rings. The molecule has 1 nitrogen and oxygen atoms in total. The molecule has 1 aromatic rings. The van der Waals surface area contributed by atoms with Gasteiger partial charge in [0.1, 0.15) is 0 Å². The van der Waals surface area contributed by atoms with Gasteiger partial charge in [0.05, 0.1) is 0 Å². The van der Waals surface area contributed by atoms with E-state index in [9.17, 15) is 0 Å². The molecule has 0 aliphatic rings. The zero-order valence-corrected chi connectivity index (χ0v) is 11.8. The lowest BCUT2D eigenvalue weighted by atomic mass is 10.2. The number of alkyl halides is 1. The van der Waals surface area contributed by atoms with E-state index in [4.69, 9.17) is 0 Å². The first-order chi connectivity index (χ1) is 6.83. The summed E-state index contributed by atoms with van der Waals surface area (Å²) < 4.78 is 2.41. The van der Waals surface area contributed by atoms with Crippen LogP contribution in [0, 0.1) is 0 Å². The van der Waals surface area contributed by atoms with Crippen LogP contribution < -0.4 is 5.32 Å². The SMILES string of the molecule is Brc1ccc(CNCCCCI)cc1. The van der Waals surface area contributed by atoms with Crippen molar-refractivity contribution in [2.24, 2.45) is 0 Å². The molecule has 14 heavy (non-hydrogen) atoms. The Bertz CT molecular complexity index is 248. The second-order valence-corrected chi connectivity index (χ2v) is 5.19. The van der Waals surface area contributed by atoms with Gasteiger partial charge in [0, 0.05) is 11.0 Å². The van der Waals surface area contributed by atoms with Crippen LogP contribution in [0.3, 0.4) is 0 Å². The maximum atomic E-state index is 3.44. The van der Waals surface area contributed by atoms with Gasteiger partial charge in [0.15, 0.2) is 0 Å². The molecular weight excluding hydrogens is 353 g/mol. The summed E-state index contributed by atoms with van der Waals surface area (Å²) in [4.78, 5) is 0. The van der Waals surface area contributed by atoms with E-state index in [1.807, 2.05) is 0 Å². The summed E-state index contributed by atoms with van der Waals surface area (Å²) in [6, 6.07) is 8.47. The highest BCUT2D eigenvalue weighted by Crippen LogP contribution is 2.10. The molecule has 0 heterocycles. The van der Waals surface area contributed by atoms with E-state index < -0.39 is 0 Å². The van der Waals surface area contributed by atoms with Crippen LogP contribution in [0.4, 0.5) is 0 Å². The first-order valence-electron chi connectivity index (χ1n) is 4.84. The Morgan fingerprint density at radius 3 is 2.50 bits per heavy atom. The number of nitrogens with one attached hydrogen (secondary N) is 1. The molecule has 0 radical (unpaired) electrons. The molecule has 0 aliphatic heterocycles. The molecule has 1 N–H and O–H groups in total. The first kappa shape index (κ1) is 12.5. The average molecular weight is 368 g/mol. The summed E-state index contributed by atoms with van der Waals surface area (Å²) in [7, 11) is 0. The van der Waals surface area contributed by atoms with Crippen LogP contribution >= 0.6 is 38.5 Å². The van der Waals surface area contributed by atoms with E-state index >= 15 is 0 Å². The Balaban J connectivity index is 2.15. The maximum absolute atomic E-state index is 3.44. The maximum Gasteiger partial charge on any atom is 0.0205 e. The van der Waals surface area contributed by atoms with E-state index in [-0.39, 0.29) is 0 Å². The molecule has 0 bridgehead atoms. The molecular formula is C11H15BrIN. The van der Waals surface area contributed by atoms with Gasteiger partial charge in [-0.1, -0.05) is 50.7 Å². The van der Waals surface area contributed by atoms with Gasteiger partial charge in [0.25, 0.3) is 0 Å². The molecule has 0 atom stereocenters. The minimum atomic E-state index is 0.981. The molecule has 78 valence electrons. The zero-order valence-electron chi connectivity index (χ0n) is 8.10. The fraction of sp³-hybridized carbons (Fsp3) is 0.455. The quantitative estimate of drug-likeness (QED) is 0.458. The summed E-state index contributed by atoms with van der Waals surface area (Å²) in [5.74, 6) is 0. The van der Waals surface area contributed by atoms with Gasteiger partial charge in [-0.2, -0.15) is 0 Å². The molecule has 0 saturated carbocycles.